The molecule has 0 saturated heterocycles. The number of nitrogens with one attached hydrogen (secondary N) is 1. The van der Waals surface area contributed by atoms with Gasteiger partial charge in [-0.05, 0) is 30.3 Å². The summed E-state index contributed by atoms with van der Waals surface area (Å²) in [4.78, 5) is 8.89. The molecule has 0 amide bonds. The number of rotatable bonds is 7. The normalized spacial score (nSPS) is 10.7. The van der Waals surface area contributed by atoms with E-state index in [0.29, 0.717) is 34.8 Å². The highest BCUT2D eigenvalue weighted by Gasteiger charge is 2.10. The average molecular weight is 412 g/mol. The van der Waals surface area contributed by atoms with Crippen molar-refractivity contribution in [3.63, 3.8) is 0 Å². The van der Waals surface area contributed by atoms with Gasteiger partial charge in [-0.1, -0.05) is 11.6 Å². The molecule has 7 nitrogen and oxygen atoms in total. The third kappa shape index (κ3) is 4.20. The highest BCUT2D eigenvalue weighted by Crippen LogP contribution is 2.32. The lowest BCUT2D eigenvalue weighted by atomic mass is 10.2. The van der Waals surface area contributed by atoms with E-state index in [0.717, 1.165) is 22.2 Å². The maximum Gasteiger partial charge on any atom is 0.227 e. The first-order chi connectivity index (χ1) is 14.2. The molecule has 0 radical (unpaired) electrons. The zero-order valence-electron chi connectivity index (χ0n) is 15.8. The lowest BCUT2D eigenvalue weighted by Gasteiger charge is -2.11. The van der Waals surface area contributed by atoms with Crippen LogP contribution in [0.1, 0.15) is 5.56 Å². The summed E-state index contributed by atoms with van der Waals surface area (Å²) in [5, 5.41) is 4.47. The van der Waals surface area contributed by atoms with Gasteiger partial charge >= 0.3 is 0 Å². The Morgan fingerprint density at radius 3 is 2.59 bits per heavy atom. The molecular weight excluding hydrogens is 394 g/mol. The Labute approximate surface area is 172 Å². The molecule has 2 aromatic heterocycles. The summed E-state index contributed by atoms with van der Waals surface area (Å²) >= 11 is 6.34. The summed E-state index contributed by atoms with van der Waals surface area (Å²) in [7, 11) is 3.18. The van der Waals surface area contributed by atoms with Gasteiger partial charge in [-0.25, -0.2) is 9.97 Å². The van der Waals surface area contributed by atoms with E-state index in [1.165, 1.54) is 0 Å². The van der Waals surface area contributed by atoms with E-state index in [-0.39, 0.29) is 0 Å². The number of fused-ring (bicyclic) bond motifs is 1. The van der Waals surface area contributed by atoms with E-state index in [2.05, 4.69) is 15.3 Å². The zero-order chi connectivity index (χ0) is 20.2. The third-order valence-electron chi connectivity index (χ3n) is 4.25. The van der Waals surface area contributed by atoms with E-state index in [1.807, 2.05) is 18.2 Å². The van der Waals surface area contributed by atoms with Crippen molar-refractivity contribution in [3.8, 4) is 17.2 Å². The molecule has 0 bridgehead atoms. The van der Waals surface area contributed by atoms with Gasteiger partial charge in [-0.15, -0.1) is 0 Å². The molecule has 0 saturated carbocycles. The van der Waals surface area contributed by atoms with E-state index < -0.39 is 0 Å². The summed E-state index contributed by atoms with van der Waals surface area (Å²) in [5.41, 5.74) is 2.40. The fourth-order valence-electron chi connectivity index (χ4n) is 2.78. The van der Waals surface area contributed by atoms with Gasteiger partial charge in [-0.2, -0.15) is 0 Å². The van der Waals surface area contributed by atoms with Crippen LogP contribution in [0.5, 0.6) is 17.2 Å². The van der Waals surface area contributed by atoms with Gasteiger partial charge in [0.2, 0.25) is 5.95 Å². The highest BCUT2D eigenvalue weighted by atomic mass is 35.5. The molecule has 0 unspecified atom stereocenters. The first-order valence-corrected chi connectivity index (χ1v) is 9.13. The first-order valence-electron chi connectivity index (χ1n) is 8.75. The Balaban J connectivity index is 1.52. The molecule has 4 aromatic rings. The summed E-state index contributed by atoms with van der Waals surface area (Å²) in [6.45, 7) is 0.377. The van der Waals surface area contributed by atoms with Gasteiger partial charge in [0.05, 0.1) is 37.3 Å². The minimum absolute atomic E-state index is 0.377. The van der Waals surface area contributed by atoms with Gasteiger partial charge in [0, 0.05) is 28.9 Å². The Morgan fingerprint density at radius 2 is 1.86 bits per heavy atom. The van der Waals surface area contributed by atoms with Crippen molar-refractivity contribution >= 4 is 34.1 Å². The third-order valence-corrected chi connectivity index (χ3v) is 4.54. The second-order valence-electron chi connectivity index (χ2n) is 6.15. The average Bonchev–Trinajstić information content (AvgIpc) is 3.25. The van der Waals surface area contributed by atoms with Crippen molar-refractivity contribution in [2.24, 2.45) is 0 Å². The van der Waals surface area contributed by atoms with E-state index >= 15 is 0 Å². The maximum atomic E-state index is 6.34. The van der Waals surface area contributed by atoms with Crippen LogP contribution in [-0.4, -0.2) is 24.2 Å². The van der Waals surface area contributed by atoms with Gasteiger partial charge in [-0.3, -0.25) is 0 Å². The molecule has 1 N–H and O–H groups in total. The number of aromatic nitrogens is 2. The van der Waals surface area contributed by atoms with Crippen molar-refractivity contribution in [2.45, 2.75) is 6.61 Å². The molecule has 0 aliphatic rings. The smallest absolute Gasteiger partial charge is 0.227 e. The fourth-order valence-corrected chi connectivity index (χ4v) is 3.01. The fraction of sp³-hybridized carbons (Fsp3) is 0.143. The second-order valence-corrected chi connectivity index (χ2v) is 6.56. The van der Waals surface area contributed by atoms with Crippen LogP contribution < -0.4 is 19.5 Å². The minimum Gasteiger partial charge on any atom is -0.493 e. The highest BCUT2D eigenvalue weighted by molar-refractivity contribution is 6.32. The first kappa shape index (κ1) is 18.9. The standard InChI is InChI=1S/C21H18ClN3O4/c1-26-19-7-14-10-23-21(25-17(14)9-20(19)27-2)24-15-3-4-18(16(22)8-15)29-12-13-5-6-28-11-13/h3-11H,12H2,1-2H3,(H,23,24,25). The lowest BCUT2D eigenvalue weighted by Crippen LogP contribution is -1.99. The van der Waals surface area contributed by atoms with Crippen molar-refractivity contribution in [3.05, 3.63) is 65.7 Å². The van der Waals surface area contributed by atoms with Gasteiger partial charge in [0.15, 0.2) is 11.5 Å². The topological polar surface area (TPSA) is 78.6 Å². The van der Waals surface area contributed by atoms with E-state index in [1.54, 1.807) is 51.1 Å². The Morgan fingerprint density at radius 1 is 1.03 bits per heavy atom. The second kappa shape index (κ2) is 8.28. The number of nitrogens with zero attached hydrogens (tertiary/aromatic N) is 2. The lowest BCUT2D eigenvalue weighted by molar-refractivity contribution is 0.305. The van der Waals surface area contributed by atoms with Gasteiger partial charge < -0.3 is 23.9 Å². The van der Waals surface area contributed by atoms with Crippen molar-refractivity contribution in [1.29, 1.82) is 0 Å². The summed E-state index contributed by atoms with van der Waals surface area (Å²) < 4.78 is 21.4. The number of benzene rings is 2. The number of hydrogen-bond donors (Lipinski definition) is 1. The molecule has 148 valence electrons. The molecule has 0 atom stereocenters. The minimum atomic E-state index is 0.377. The molecule has 2 heterocycles. The van der Waals surface area contributed by atoms with E-state index in [9.17, 15) is 0 Å². The van der Waals surface area contributed by atoms with Crippen LogP contribution in [0.3, 0.4) is 0 Å². The molecular formula is C21H18ClN3O4. The number of ether oxygens (including phenoxy) is 3. The van der Waals surface area contributed by atoms with Crippen LogP contribution in [0.25, 0.3) is 10.9 Å². The van der Waals surface area contributed by atoms with Gasteiger partial charge in [0.25, 0.3) is 0 Å². The van der Waals surface area contributed by atoms with Crippen molar-refractivity contribution < 1.29 is 18.6 Å². The van der Waals surface area contributed by atoms with Crippen LogP contribution in [0.4, 0.5) is 11.6 Å². The molecule has 0 aliphatic heterocycles. The summed E-state index contributed by atoms with van der Waals surface area (Å²) in [6.07, 6.45) is 4.95. The van der Waals surface area contributed by atoms with E-state index in [4.69, 9.17) is 30.2 Å². The van der Waals surface area contributed by atoms with Gasteiger partial charge in [0.1, 0.15) is 12.4 Å². The van der Waals surface area contributed by atoms with Crippen LogP contribution in [-0.2, 0) is 6.61 Å². The van der Waals surface area contributed by atoms with Crippen LogP contribution in [0.2, 0.25) is 5.02 Å². The molecule has 4 rings (SSSR count). The monoisotopic (exact) mass is 411 g/mol. The molecule has 0 spiro atoms. The Hall–Kier alpha value is -3.45. The predicted molar refractivity (Wildman–Crippen MR) is 110 cm³/mol. The zero-order valence-corrected chi connectivity index (χ0v) is 16.6. The molecule has 29 heavy (non-hydrogen) atoms. The summed E-state index contributed by atoms with van der Waals surface area (Å²) in [5.74, 6) is 2.25. The maximum absolute atomic E-state index is 6.34. The number of furan rings is 1. The molecule has 8 heteroatoms. The summed E-state index contributed by atoms with van der Waals surface area (Å²) in [6, 6.07) is 10.9. The Kier molecular flexibility index (Phi) is 5.39. The molecule has 2 aromatic carbocycles. The molecule has 0 aliphatic carbocycles. The number of anilines is 2. The Bertz CT molecular complexity index is 1130. The largest absolute Gasteiger partial charge is 0.493 e. The van der Waals surface area contributed by atoms with Crippen LogP contribution in [0, 0.1) is 0 Å². The van der Waals surface area contributed by atoms with Crippen LogP contribution >= 0.6 is 11.6 Å². The molecule has 0 fully saturated rings. The predicted octanol–water partition coefficient (Wildman–Crippen LogP) is 5.22. The van der Waals surface area contributed by atoms with Crippen molar-refractivity contribution in [2.75, 3.05) is 19.5 Å². The van der Waals surface area contributed by atoms with Crippen LogP contribution in [0.15, 0.2) is 59.5 Å². The number of hydrogen-bond acceptors (Lipinski definition) is 7. The SMILES string of the molecule is COc1cc2cnc(Nc3ccc(OCc4ccoc4)c(Cl)c3)nc2cc1OC. The van der Waals surface area contributed by atoms with Crippen molar-refractivity contribution in [1.82, 2.24) is 9.97 Å². The number of halogens is 1. The quantitative estimate of drug-likeness (QED) is 0.446. The number of methoxy groups -OCH3 is 2.